The molecule has 0 spiro atoms. The maximum Gasteiger partial charge on any atom is 0.333 e. The lowest BCUT2D eigenvalue weighted by molar-refractivity contribution is -0.138. The number of aliphatic hydroxyl groups is 1. The number of aliphatic carboxylic acids is 2. The average Bonchev–Trinajstić information content (AvgIpc) is 3.43. The first-order chi connectivity index (χ1) is 20.2. The van der Waals surface area contributed by atoms with E-state index < -0.39 is 24.1 Å². The third kappa shape index (κ3) is 13.6. The minimum Gasteiger partial charge on any atom is -0.479 e. The molecule has 1 fully saturated rings. The van der Waals surface area contributed by atoms with Crippen molar-refractivity contribution >= 4 is 24.2 Å². The van der Waals surface area contributed by atoms with Gasteiger partial charge >= 0.3 is 11.9 Å². The van der Waals surface area contributed by atoms with Crippen LogP contribution < -0.4 is 11.1 Å². The molecule has 1 saturated carbocycles. The highest BCUT2D eigenvalue weighted by atomic mass is 16.4. The van der Waals surface area contributed by atoms with Gasteiger partial charge in [0.1, 0.15) is 12.3 Å². The van der Waals surface area contributed by atoms with Crippen LogP contribution in [0.5, 0.6) is 0 Å². The van der Waals surface area contributed by atoms with Crippen LogP contribution in [0.1, 0.15) is 96.8 Å². The molecule has 4 unspecified atom stereocenters. The number of guanidine groups is 1. The van der Waals surface area contributed by atoms with E-state index in [2.05, 4.69) is 23.3 Å². The molecular weight excluding hydrogens is 534 g/mol. The second-order valence-corrected chi connectivity index (χ2v) is 11.6. The molecule has 2 rings (SSSR count). The number of hydrogen-bond donors (Lipinski definition) is 5. The maximum atomic E-state index is 12.0. The fourth-order valence-electron chi connectivity index (χ4n) is 5.69. The fourth-order valence-corrected chi connectivity index (χ4v) is 5.69. The Morgan fingerprint density at radius 2 is 1.88 bits per heavy atom. The highest BCUT2D eigenvalue weighted by Crippen LogP contribution is 2.28. The van der Waals surface area contributed by atoms with Gasteiger partial charge in [-0.25, -0.2) is 14.6 Å². The van der Waals surface area contributed by atoms with Gasteiger partial charge in [0.25, 0.3) is 0 Å². The zero-order valence-corrected chi connectivity index (χ0v) is 25.1. The number of aldehydes is 1. The summed E-state index contributed by atoms with van der Waals surface area (Å²) in [5, 5.41) is 32.6. The van der Waals surface area contributed by atoms with E-state index >= 15 is 0 Å². The van der Waals surface area contributed by atoms with Crippen LogP contribution in [0.15, 0.2) is 52.6 Å². The summed E-state index contributed by atoms with van der Waals surface area (Å²) in [6.45, 7) is 2.01. The van der Waals surface area contributed by atoms with Crippen LogP contribution in [0.3, 0.4) is 0 Å². The topological polar surface area (TPSA) is 162 Å². The number of nitrogens with one attached hydrogen (secondary N) is 1. The molecule has 0 bridgehead atoms. The lowest BCUT2D eigenvalue weighted by Crippen LogP contribution is -2.43. The van der Waals surface area contributed by atoms with E-state index in [1.165, 1.54) is 38.2 Å². The average molecular weight is 586 g/mol. The number of unbranched alkanes of at least 4 members (excludes halogenated alkanes) is 2. The first-order valence-corrected chi connectivity index (χ1v) is 15.6. The quantitative estimate of drug-likeness (QED) is 0.0259. The summed E-state index contributed by atoms with van der Waals surface area (Å²) in [5.41, 5.74) is 6.75. The first kappa shape index (κ1) is 35.0. The Morgan fingerprint density at radius 3 is 2.52 bits per heavy atom. The number of allylic oxidation sites excluding steroid dienone is 5. The van der Waals surface area contributed by atoms with Crippen LogP contribution >= 0.6 is 0 Å². The van der Waals surface area contributed by atoms with E-state index in [0.717, 1.165) is 56.8 Å². The number of nitrogens with two attached hydrogens (primary N) is 1. The molecular formula is C33H51N3O6. The number of hydrogen-bond acceptors (Lipinski definition) is 5. The number of rotatable bonds is 19. The van der Waals surface area contributed by atoms with Crippen molar-refractivity contribution < 1.29 is 29.7 Å². The van der Waals surface area contributed by atoms with Gasteiger partial charge in [0, 0.05) is 5.92 Å². The summed E-state index contributed by atoms with van der Waals surface area (Å²) < 4.78 is 0. The Morgan fingerprint density at radius 1 is 1.12 bits per heavy atom. The van der Waals surface area contributed by atoms with E-state index in [-0.39, 0.29) is 36.3 Å². The lowest BCUT2D eigenvalue weighted by Gasteiger charge is -2.19. The van der Waals surface area contributed by atoms with Gasteiger partial charge in [-0.15, -0.1) is 0 Å². The van der Waals surface area contributed by atoms with Crippen LogP contribution in [-0.2, 0) is 14.4 Å². The maximum absolute atomic E-state index is 12.0. The number of nitrogens with zero attached hydrogens (tertiary/aromatic N) is 1. The van der Waals surface area contributed by atoms with E-state index in [4.69, 9.17) is 5.73 Å². The lowest BCUT2D eigenvalue weighted by atomic mass is 9.87. The number of aliphatic hydroxyl groups excluding tert-OH is 1. The number of aliphatic imine (C=N–C) groups is 1. The van der Waals surface area contributed by atoms with Crippen LogP contribution in [0.2, 0.25) is 0 Å². The number of carbonyl (C=O) groups is 3. The molecule has 0 aromatic rings. The molecule has 0 aliphatic heterocycles. The summed E-state index contributed by atoms with van der Waals surface area (Å²) in [7, 11) is 0. The van der Waals surface area contributed by atoms with Crippen molar-refractivity contribution in [2.75, 3.05) is 6.54 Å². The summed E-state index contributed by atoms with van der Waals surface area (Å²) in [5.74, 6) is -1.55. The van der Waals surface area contributed by atoms with Gasteiger partial charge in [-0.05, 0) is 74.5 Å². The minimum absolute atomic E-state index is 0.0575. The molecule has 0 heterocycles. The van der Waals surface area contributed by atoms with Gasteiger partial charge in [-0.1, -0.05) is 76.2 Å². The standard InChI is InChI=1S/C33H51N3O6/c1-2-3-5-12-25(14-8-13-24-10-6-4-7-11-24)22-29(32(41)42)36-33(34)35-20-19-28(31(39)40)30(38)16-9-15-26-17-18-27(21-26)23-37/h8,14,17-19,22-24,26-27,29-30,38H,2-7,9-13,15-16,20-21H2,1H3,(H,39,40)(H,41,42)(H3,34,35,36). The smallest absolute Gasteiger partial charge is 0.333 e. The molecule has 4 atom stereocenters. The number of carboxylic acid groups (broad SMARTS) is 2. The largest absolute Gasteiger partial charge is 0.479 e. The monoisotopic (exact) mass is 585 g/mol. The Bertz CT molecular complexity index is 1010. The number of carboxylic acids is 2. The molecule has 9 nitrogen and oxygen atoms in total. The van der Waals surface area contributed by atoms with E-state index in [1.54, 1.807) is 6.08 Å². The highest BCUT2D eigenvalue weighted by Gasteiger charge is 2.21. The zero-order valence-electron chi connectivity index (χ0n) is 25.1. The molecule has 234 valence electrons. The number of carbonyl (C=O) groups excluding carboxylic acids is 1. The van der Waals surface area contributed by atoms with Crippen molar-refractivity contribution in [2.45, 2.75) is 109 Å². The summed E-state index contributed by atoms with van der Waals surface area (Å²) in [4.78, 5) is 38.8. The summed E-state index contributed by atoms with van der Waals surface area (Å²) in [6.07, 6.45) is 24.5. The fraction of sp³-hybridized carbons (Fsp3) is 0.636. The van der Waals surface area contributed by atoms with Crippen molar-refractivity contribution in [3.63, 3.8) is 0 Å². The predicted molar refractivity (Wildman–Crippen MR) is 166 cm³/mol. The Labute approximate surface area is 250 Å². The van der Waals surface area contributed by atoms with Gasteiger partial charge in [0.15, 0.2) is 5.96 Å². The predicted octanol–water partition coefficient (Wildman–Crippen LogP) is 5.31. The normalized spacial score (nSPS) is 21.9. The molecule has 0 aromatic heterocycles. The van der Waals surface area contributed by atoms with Crippen LogP contribution in [-0.4, -0.2) is 58.2 Å². The van der Waals surface area contributed by atoms with Crippen LogP contribution in [0, 0.1) is 17.8 Å². The van der Waals surface area contributed by atoms with Crippen LogP contribution in [0.4, 0.5) is 0 Å². The van der Waals surface area contributed by atoms with Crippen molar-refractivity contribution in [2.24, 2.45) is 28.5 Å². The van der Waals surface area contributed by atoms with Crippen molar-refractivity contribution in [1.82, 2.24) is 5.32 Å². The summed E-state index contributed by atoms with van der Waals surface area (Å²) in [6, 6.07) is -1.08. The van der Waals surface area contributed by atoms with Crippen molar-refractivity contribution in [3.8, 4) is 0 Å². The molecule has 2 aliphatic rings. The second kappa shape index (κ2) is 19.8. The molecule has 2 aliphatic carbocycles. The van der Waals surface area contributed by atoms with Crippen molar-refractivity contribution in [1.29, 1.82) is 0 Å². The van der Waals surface area contributed by atoms with E-state index in [0.29, 0.717) is 12.3 Å². The van der Waals surface area contributed by atoms with Crippen LogP contribution in [0.25, 0.3) is 0 Å². The van der Waals surface area contributed by atoms with Gasteiger partial charge < -0.3 is 31.2 Å². The second-order valence-electron chi connectivity index (χ2n) is 11.6. The first-order valence-electron chi connectivity index (χ1n) is 15.6. The minimum atomic E-state index is -1.24. The Hall–Kier alpha value is -3.20. The molecule has 6 N–H and O–H groups in total. The molecule has 42 heavy (non-hydrogen) atoms. The molecule has 0 aromatic carbocycles. The van der Waals surface area contributed by atoms with Crippen molar-refractivity contribution in [3.05, 3.63) is 47.6 Å². The third-order valence-electron chi connectivity index (χ3n) is 8.16. The highest BCUT2D eigenvalue weighted by molar-refractivity contribution is 5.88. The van der Waals surface area contributed by atoms with Gasteiger partial charge in [-0.2, -0.15) is 0 Å². The third-order valence-corrected chi connectivity index (χ3v) is 8.16. The van der Waals surface area contributed by atoms with E-state index in [1.807, 2.05) is 18.2 Å². The molecule has 0 amide bonds. The molecule has 0 saturated heterocycles. The van der Waals surface area contributed by atoms with Gasteiger partial charge in [-0.3, -0.25) is 0 Å². The van der Waals surface area contributed by atoms with E-state index in [9.17, 15) is 29.7 Å². The Balaban J connectivity index is 1.97. The molecule has 9 heteroatoms. The van der Waals surface area contributed by atoms with Gasteiger partial charge in [0.05, 0.1) is 18.2 Å². The van der Waals surface area contributed by atoms with Gasteiger partial charge in [0.2, 0.25) is 0 Å². The Kier molecular flexibility index (Phi) is 16.5. The molecule has 0 radical (unpaired) electrons. The SMILES string of the molecule is CCCCCC(C=CCC1CCCCC1)=CC(NC(N)=NCC=C(C(=O)O)C(O)CCCC1C=CC(C=O)C1)C(=O)O. The zero-order chi connectivity index (χ0) is 30.7. The summed E-state index contributed by atoms with van der Waals surface area (Å²) >= 11 is 0.